The fourth-order valence-electron chi connectivity index (χ4n) is 3.57. The molecule has 0 aliphatic carbocycles. The fourth-order valence-corrected chi connectivity index (χ4v) is 4.54. The summed E-state index contributed by atoms with van der Waals surface area (Å²) in [7, 11) is 0. The molecule has 0 N–H and O–H groups in total. The van der Waals surface area contributed by atoms with Crippen molar-refractivity contribution in [2.45, 2.75) is 65.2 Å². The molecule has 0 bridgehead atoms. The Morgan fingerprint density at radius 3 is 2.44 bits per heavy atom. The van der Waals surface area contributed by atoms with E-state index in [1.807, 2.05) is 44.2 Å². The van der Waals surface area contributed by atoms with Gasteiger partial charge in [-0.2, -0.15) is 0 Å². The fraction of sp³-hybridized carbons (Fsp3) is 0.393. The lowest BCUT2D eigenvalue weighted by molar-refractivity contribution is -0.134. The van der Waals surface area contributed by atoms with Gasteiger partial charge in [-0.1, -0.05) is 67.6 Å². The van der Waals surface area contributed by atoms with E-state index in [-0.39, 0.29) is 17.7 Å². The third kappa shape index (κ3) is 7.52. The number of carbonyl (C=O) groups excluding carboxylic acids is 2. The topological polar surface area (TPSA) is 65.5 Å². The molecule has 0 spiro atoms. The summed E-state index contributed by atoms with van der Waals surface area (Å²) < 4.78 is 11.2. The standard InChI is InChI=1S/C28H33NO4S/c1-4-11-25(30)33-28-21(3)29-27(34-28)26(31)20(2)23-15-17-24(18-16-23)32-19-10-6-9-14-22-12-7-5-8-13-22/h5,7-8,12-13,15-18,20H,4,6,9-11,14,19H2,1-3H3. The summed E-state index contributed by atoms with van der Waals surface area (Å²) in [6.07, 6.45) is 5.45. The van der Waals surface area contributed by atoms with Gasteiger partial charge in [-0.15, -0.1) is 0 Å². The third-order valence-corrected chi connectivity index (χ3v) is 6.67. The minimum atomic E-state index is -0.350. The van der Waals surface area contributed by atoms with Gasteiger partial charge >= 0.3 is 5.97 Å². The lowest BCUT2D eigenvalue weighted by atomic mass is 9.97. The highest BCUT2D eigenvalue weighted by atomic mass is 32.1. The van der Waals surface area contributed by atoms with Crippen LogP contribution in [0.1, 0.15) is 78.5 Å². The van der Waals surface area contributed by atoms with Crippen molar-refractivity contribution in [2.75, 3.05) is 6.61 Å². The summed E-state index contributed by atoms with van der Waals surface area (Å²) in [5.41, 5.74) is 2.85. The molecule has 0 fully saturated rings. The number of hydrogen-bond acceptors (Lipinski definition) is 6. The van der Waals surface area contributed by atoms with E-state index in [0.717, 1.165) is 48.3 Å². The molecule has 0 radical (unpaired) electrons. The maximum Gasteiger partial charge on any atom is 0.312 e. The molecule has 1 aromatic heterocycles. The Morgan fingerprint density at radius 1 is 1.00 bits per heavy atom. The number of aryl methyl sites for hydroxylation is 2. The van der Waals surface area contributed by atoms with Crippen LogP contribution in [0, 0.1) is 6.92 Å². The molecule has 0 saturated carbocycles. The van der Waals surface area contributed by atoms with Crippen LogP contribution in [0.2, 0.25) is 0 Å². The van der Waals surface area contributed by atoms with Gasteiger partial charge in [0, 0.05) is 12.3 Å². The van der Waals surface area contributed by atoms with Crippen LogP contribution in [0.4, 0.5) is 0 Å². The number of hydrogen-bond donors (Lipinski definition) is 0. The lowest BCUT2D eigenvalue weighted by Gasteiger charge is -2.11. The van der Waals surface area contributed by atoms with Gasteiger partial charge in [0.2, 0.25) is 5.06 Å². The number of Topliss-reactive ketones (excluding diaryl/α,β-unsaturated/α-hetero) is 1. The minimum Gasteiger partial charge on any atom is -0.494 e. The molecule has 3 rings (SSSR count). The van der Waals surface area contributed by atoms with Gasteiger partial charge in [0.1, 0.15) is 5.75 Å². The molecule has 2 aromatic carbocycles. The molecule has 0 aliphatic rings. The number of ether oxygens (including phenoxy) is 2. The molecule has 1 atom stereocenters. The maximum atomic E-state index is 13.0. The Labute approximate surface area is 206 Å². The number of unbranched alkanes of at least 4 members (excludes halogenated alkanes) is 2. The van der Waals surface area contributed by atoms with Crippen LogP contribution in [-0.4, -0.2) is 23.3 Å². The first kappa shape index (κ1) is 25.6. The smallest absolute Gasteiger partial charge is 0.312 e. The van der Waals surface area contributed by atoms with Crippen molar-refractivity contribution in [1.82, 2.24) is 4.98 Å². The normalized spacial score (nSPS) is 11.7. The first-order chi connectivity index (χ1) is 16.5. The highest BCUT2D eigenvalue weighted by Crippen LogP contribution is 2.31. The van der Waals surface area contributed by atoms with E-state index in [0.29, 0.717) is 35.2 Å². The van der Waals surface area contributed by atoms with Gasteiger partial charge in [-0.05, 0) is 62.3 Å². The zero-order valence-electron chi connectivity index (χ0n) is 20.2. The maximum absolute atomic E-state index is 13.0. The van der Waals surface area contributed by atoms with Crippen LogP contribution >= 0.6 is 11.3 Å². The molecule has 0 saturated heterocycles. The number of aromatic nitrogens is 1. The summed E-state index contributed by atoms with van der Waals surface area (Å²) in [6.45, 7) is 6.21. The lowest BCUT2D eigenvalue weighted by Crippen LogP contribution is -2.09. The van der Waals surface area contributed by atoms with Crippen LogP contribution < -0.4 is 9.47 Å². The van der Waals surface area contributed by atoms with E-state index in [1.165, 1.54) is 5.56 Å². The van der Waals surface area contributed by atoms with Gasteiger partial charge < -0.3 is 9.47 Å². The van der Waals surface area contributed by atoms with Crippen molar-refractivity contribution in [3.8, 4) is 10.8 Å². The quantitative estimate of drug-likeness (QED) is 0.151. The minimum absolute atomic E-state index is 0.0852. The van der Waals surface area contributed by atoms with Crippen molar-refractivity contribution in [1.29, 1.82) is 0 Å². The summed E-state index contributed by atoms with van der Waals surface area (Å²) in [4.78, 5) is 29.1. The Balaban J connectivity index is 1.45. The van der Waals surface area contributed by atoms with Crippen LogP contribution in [0.15, 0.2) is 54.6 Å². The van der Waals surface area contributed by atoms with Crippen molar-refractivity contribution >= 4 is 23.1 Å². The Kier molecular flexibility index (Phi) is 9.83. The van der Waals surface area contributed by atoms with Crippen LogP contribution in [0.5, 0.6) is 10.8 Å². The summed E-state index contributed by atoms with van der Waals surface area (Å²) >= 11 is 1.14. The summed E-state index contributed by atoms with van der Waals surface area (Å²) in [6, 6.07) is 18.2. The molecule has 5 nitrogen and oxygen atoms in total. The average Bonchev–Trinajstić information content (AvgIpc) is 3.21. The zero-order chi connectivity index (χ0) is 24.3. The molecule has 1 heterocycles. The molecule has 34 heavy (non-hydrogen) atoms. The predicted octanol–water partition coefficient (Wildman–Crippen LogP) is 6.94. The van der Waals surface area contributed by atoms with Gasteiger partial charge in [0.25, 0.3) is 0 Å². The number of esters is 1. The predicted molar refractivity (Wildman–Crippen MR) is 136 cm³/mol. The Bertz CT molecular complexity index is 1060. The molecule has 180 valence electrons. The number of nitrogens with zero attached hydrogens (tertiary/aromatic N) is 1. The zero-order valence-corrected chi connectivity index (χ0v) is 21.0. The third-order valence-electron chi connectivity index (χ3n) is 5.62. The van der Waals surface area contributed by atoms with Crippen molar-refractivity contribution in [2.24, 2.45) is 0 Å². The second kappa shape index (κ2) is 13.0. The van der Waals surface area contributed by atoms with Crippen molar-refractivity contribution in [3.05, 3.63) is 76.4 Å². The average molecular weight is 480 g/mol. The highest BCUT2D eigenvalue weighted by molar-refractivity contribution is 7.15. The molecule has 1 unspecified atom stereocenters. The van der Waals surface area contributed by atoms with Gasteiger partial charge in [0.05, 0.1) is 12.3 Å². The van der Waals surface area contributed by atoms with E-state index in [1.54, 1.807) is 6.92 Å². The van der Waals surface area contributed by atoms with E-state index >= 15 is 0 Å². The van der Waals surface area contributed by atoms with Crippen LogP contribution in [0.3, 0.4) is 0 Å². The van der Waals surface area contributed by atoms with E-state index < -0.39 is 0 Å². The number of rotatable bonds is 13. The second-order valence-electron chi connectivity index (χ2n) is 8.42. The number of ketones is 1. The monoisotopic (exact) mass is 479 g/mol. The summed E-state index contributed by atoms with van der Waals surface area (Å²) in [5, 5.41) is 0.765. The molecule has 3 aromatic rings. The SMILES string of the molecule is CCCC(=O)Oc1sc(C(=O)C(C)c2ccc(OCCCCCc3ccccc3)cc2)nc1C. The molecular formula is C28H33NO4S. The van der Waals surface area contributed by atoms with Crippen molar-refractivity contribution in [3.63, 3.8) is 0 Å². The van der Waals surface area contributed by atoms with Gasteiger partial charge in [-0.3, -0.25) is 9.59 Å². The second-order valence-corrected chi connectivity index (χ2v) is 9.38. The Morgan fingerprint density at radius 2 is 1.74 bits per heavy atom. The Hall–Kier alpha value is -2.99. The van der Waals surface area contributed by atoms with Crippen LogP contribution in [0.25, 0.3) is 0 Å². The summed E-state index contributed by atoms with van der Waals surface area (Å²) in [5.74, 6) is 0.0736. The van der Waals surface area contributed by atoms with Crippen LogP contribution in [-0.2, 0) is 11.2 Å². The molecular weight excluding hydrogens is 446 g/mol. The number of benzene rings is 2. The highest BCUT2D eigenvalue weighted by Gasteiger charge is 2.23. The molecule has 0 amide bonds. The molecule has 6 heteroatoms. The molecule has 0 aliphatic heterocycles. The first-order valence-corrected chi connectivity index (χ1v) is 12.8. The van der Waals surface area contributed by atoms with Gasteiger partial charge in [0.15, 0.2) is 10.8 Å². The largest absolute Gasteiger partial charge is 0.494 e. The van der Waals surface area contributed by atoms with E-state index in [9.17, 15) is 9.59 Å². The number of thiazole rings is 1. The van der Waals surface area contributed by atoms with E-state index in [2.05, 4.69) is 29.2 Å². The van der Waals surface area contributed by atoms with Crippen molar-refractivity contribution < 1.29 is 19.1 Å². The van der Waals surface area contributed by atoms with E-state index in [4.69, 9.17) is 9.47 Å². The van der Waals surface area contributed by atoms with Gasteiger partial charge in [-0.25, -0.2) is 4.98 Å². The first-order valence-electron chi connectivity index (χ1n) is 12.0. The number of carbonyl (C=O) groups is 2.